The van der Waals surface area contributed by atoms with Gasteiger partial charge >= 0.3 is 130 Å². The molecule has 2 aromatic rings. The van der Waals surface area contributed by atoms with Crippen LogP contribution in [0.25, 0.3) is 0 Å². The van der Waals surface area contributed by atoms with E-state index < -0.39 is 6.10 Å². The van der Waals surface area contributed by atoms with E-state index in [2.05, 4.69) is 12.1 Å². The molecule has 3 nitrogen and oxygen atoms in total. The van der Waals surface area contributed by atoms with Crippen molar-refractivity contribution in [3.63, 3.8) is 0 Å². The molecule has 0 spiro atoms. The Labute approximate surface area is 130 Å². The van der Waals surface area contributed by atoms with Crippen LogP contribution >= 0.6 is 0 Å². The van der Waals surface area contributed by atoms with E-state index in [1.807, 2.05) is 48.5 Å². The van der Waals surface area contributed by atoms with Crippen LogP contribution in [0.3, 0.4) is 0 Å². The summed E-state index contributed by atoms with van der Waals surface area (Å²) in [5.41, 5.74) is 0.951. The van der Waals surface area contributed by atoms with Gasteiger partial charge in [0, 0.05) is 0 Å². The number of rotatable bonds is 3. The summed E-state index contributed by atoms with van der Waals surface area (Å²) in [6.07, 6.45) is -0.915. The molecule has 108 valence electrons. The first-order valence-electron chi connectivity index (χ1n) is 6.88. The Morgan fingerprint density at radius 3 is 2.29 bits per heavy atom. The Kier molecular flexibility index (Phi) is 4.39. The minimum absolute atomic E-state index is 0.0435. The first-order chi connectivity index (χ1) is 10.2. The van der Waals surface area contributed by atoms with E-state index in [0.717, 1.165) is 5.56 Å². The predicted molar refractivity (Wildman–Crippen MR) is 81.5 cm³/mol. The maximum atomic E-state index is 11.7. The van der Waals surface area contributed by atoms with E-state index in [1.165, 1.54) is 4.46 Å². The number of hydrogen-bond donors (Lipinski definition) is 1. The van der Waals surface area contributed by atoms with Gasteiger partial charge in [0.1, 0.15) is 0 Å². The van der Waals surface area contributed by atoms with Crippen LogP contribution in [-0.2, 0) is 9.53 Å². The Balaban J connectivity index is 1.88. The van der Waals surface area contributed by atoms with Crippen molar-refractivity contribution in [2.75, 3.05) is 0 Å². The number of esters is 1. The van der Waals surface area contributed by atoms with Gasteiger partial charge in [0.05, 0.1) is 0 Å². The summed E-state index contributed by atoms with van der Waals surface area (Å²) in [4.78, 5) is 11.6. The van der Waals surface area contributed by atoms with Gasteiger partial charge < -0.3 is 0 Å². The first-order valence-corrected chi connectivity index (χ1v) is 8.73. The Morgan fingerprint density at radius 2 is 1.62 bits per heavy atom. The van der Waals surface area contributed by atoms with Gasteiger partial charge in [0.2, 0.25) is 0 Å². The van der Waals surface area contributed by atoms with E-state index in [0.29, 0.717) is 0 Å². The van der Waals surface area contributed by atoms with Crippen molar-refractivity contribution in [2.24, 2.45) is 0 Å². The van der Waals surface area contributed by atoms with Crippen molar-refractivity contribution in [3.05, 3.63) is 66.2 Å². The monoisotopic (exact) mass is 348 g/mol. The molecule has 1 N–H and O–H groups in total. The second-order valence-corrected chi connectivity index (χ2v) is 7.61. The summed E-state index contributed by atoms with van der Waals surface area (Å²) in [5, 5.41) is 10.3. The van der Waals surface area contributed by atoms with E-state index >= 15 is 0 Å². The average Bonchev–Trinajstić information content (AvgIpc) is 2.51. The standard InChI is InChI=1S/C17H16O3Se/c18-14-11-15(19)20-16(12-7-3-1-4-8-12)17(14)21-13-9-5-2-6-10-13/h1-10,14,16-18H,11H2/t14-,16-,17-/m0/s1. The van der Waals surface area contributed by atoms with Crippen LogP contribution in [0.4, 0.5) is 0 Å². The third-order valence-electron chi connectivity index (χ3n) is 3.46. The average molecular weight is 347 g/mol. The Bertz CT molecular complexity index is 600. The van der Waals surface area contributed by atoms with E-state index in [-0.39, 0.29) is 38.3 Å². The van der Waals surface area contributed by atoms with Crippen LogP contribution in [0, 0.1) is 0 Å². The van der Waals surface area contributed by atoms with Crippen LogP contribution < -0.4 is 4.46 Å². The van der Waals surface area contributed by atoms with Crippen molar-refractivity contribution in [1.82, 2.24) is 0 Å². The molecule has 1 aliphatic heterocycles. The maximum absolute atomic E-state index is 11.7. The molecule has 21 heavy (non-hydrogen) atoms. The fraction of sp³-hybridized carbons (Fsp3) is 0.235. The van der Waals surface area contributed by atoms with Crippen LogP contribution in [0.1, 0.15) is 18.1 Å². The van der Waals surface area contributed by atoms with Gasteiger partial charge in [0.15, 0.2) is 0 Å². The SMILES string of the molecule is O=C1C[C@H](O)[C@H]([Se]c2ccccc2)[C@H](c2ccccc2)O1. The van der Waals surface area contributed by atoms with Crippen molar-refractivity contribution in [3.8, 4) is 0 Å². The van der Waals surface area contributed by atoms with Crippen LogP contribution in [0.2, 0.25) is 4.82 Å². The van der Waals surface area contributed by atoms with Gasteiger partial charge in [-0.25, -0.2) is 0 Å². The molecule has 3 rings (SSSR count). The molecule has 0 aliphatic carbocycles. The van der Waals surface area contributed by atoms with Crippen molar-refractivity contribution < 1.29 is 14.6 Å². The number of cyclic esters (lactones) is 1. The molecule has 0 radical (unpaired) electrons. The molecule has 1 heterocycles. The fourth-order valence-corrected chi connectivity index (χ4v) is 5.00. The third kappa shape index (κ3) is 3.35. The summed E-state index contributed by atoms with van der Waals surface area (Å²) < 4.78 is 6.75. The molecule has 0 bridgehead atoms. The quantitative estimate of drug-likeness (QED) is 0.681. The van der Waals surface area contributed by atoms with Gasteiger partial charge in [-0.15, -0.1) is 0 Å². The van der Waals surface area contributed by atoms with Gasteiger partial charge in [-0.05, 0) is 0 Å². The van der Waals surface area contributed by atoms with Crippen molar-refractivity contribution in [2.45, 2.75) is 23.4 Å². The summed E-state index contributed by atoms with van der Waals surface area (Å²) >= 11 is 0.0435. The Morgan fingerprint density at radius 1 is 1.00 bits per heavy atom. The molecule has 1 aliphatic rings. The number of hydrogen-bond acceptors (Lipinski definition) is 3. The van der Waals surface area contributed by atoms with Crippen LogP contribution in [0.15, 0.2) is 60.7 Å². The molecule has 1 saturated heterocycles. The zero-order valence-electron chi connectivity index (χ0n) is 11.4. The van der Waals surface area contributed by atoms with Crippen LogP contribution in [-0.4, -0.2) is 32.1 Å². The van der Waals surface area contributed by atoms with E-state index in [1.54, 1.807) is 0 Å². The molecule has 0 unspecified atom stereocenters. The summed E-state index contributed by atoms with van der Waals surface area (Å²) in [7, 11) is 0. The molecular weight excluding hydrogens is 331 g/mol. The summed E-state index contributed by atoms with van der Waals surface area (Å²) in [6.45, 7) is 0. The number of aliphatic hydroxyl groups is 1. The van der Waals surface area contributed by atoms with Gasteiger partial charge in [0.25, 0.3) is 0 Å². The molecule has 0 amide bonds. The molecular formula is C17H16O3Se. The zero-order valence-corrected chi connectivity index (χ0v) is 13.1. The second-order valence-electron chi connectivity index (χ2n) is 4.99. The topological polar surface area (TPSA) is 46.5 Å². The number of aliphatic hydroxyl groups excluding tert-OH is 1. The zero-order chi connectivity index (χ0) is 14.7. The molecule has 0 aromatic heterocycles. The summed E-state index contributed by atoms with van der Waals surface area (Å²) in [6, 6.07) is 19.8. The normalized spacial score (nSPS) is 25.4. The second kappa shape index (κ2) is 6.44. The third-order valence-corrected chi connectivity index (χ3v) is 6.35. The van der Waals surface area contributed by atoms with Gasteiger partial charge in [-0.1, -0.05) is 0 Å². The predicted octanol–water partition coefficient (Wildman–Crippen LogP) is 1.85. The Hall–Kier alpha value is -1.61. The van der Waals surface area contributed by atoms with Gasteiger partial charge in [-0.3, -0.25) is 0 Å². The molecule has 3 atom stereocenters. The van der Waals surface area contributed by atoms with Gasteiger partial charge in [-0.2, -0.15) is 0 Å². The van der Waals surface area contributed by atoms with Crippen LogP contribution in [0.5, 0.6) is 0 Å². The van der Waals surface area contributed by atoms with E-state index in [9.17, 15) is 9.90 Å². The molecule has 1 fully saturated rings. The molecule has 2 aromatic carbocycles. The van der Waals surface area contributed by atoms with Crippen molar-refractivity contribution >= 4 is 25.4 Å². The first kappa shape index (κ1) is 14.3. The fourth-order valence-electron chi connectivity index (χ4n) is 2.44. The van der Waals surface area contributed by atoms with Crippen molar-refractivity contribution in [1.29, 1.82) is 0 Å². The number of ether oxygens (including phenoxy) is 1. The number of carbonyl (C=O) groups excluding carboxylic acids is 1. The minimum atomic E-state index is -0.642. The van der Waals surface area contributed by atoms with E-state index in [4.69, 9.17) is 4.74 Å². The number of carbonyl (C=O) groups is 1. The molecule has 0 saturated carbocycles. The molecule has 4 heteroatoms. The summed E-state index contributed by atoms with van der Waals surface area (Å²) in [5.74, 6) is -0.323. The number of benzene rings is 2.